The van der Waals surface area contributed by atoms with Gasteiger partial charge in [-0.2, -0.15) is 4.31 Å². The van der Waals surface area contributed by atoms with Crippen molar-refractivity contribution in [2.24, 2.45) is 5.92 Å². The number of aryl methyl sites for hydroxylation is 3. The third-order valence-corrected chi connectivity index (χ3v) is 7.93. The minimum atomic E-state index is -3.51. The van der Waals surface area contributed by atoms with E-state index in [9.17, 15) is 13.2 Å². The smallest absolute Gasteiger partial charge is 0.243 e. The van der Waals surface area contributed by atoms with E-state index in [4.69, 9.17) is 0 Å². The molecule has 1 unspecified atom stereocenters. The molecule has 30 heavy (non-hydrogen) atoms. The molecule has 0 aromatic heterocycles. The summed E-state index contributed by atoms with van der Waals surface area (Å²) in [6.45, 7) is 6.68. The van der Waals surface area contributed by atoms with Crippen molar-refractivity contribution in [1.29, 1.82) is 0 Å². The number of carbonyl (C=O) groups is 1. The lowest BCUT2D eigenvalue weighted by molar-refractivity contribution is -0.126. The standard InChI is InChI=1S/C24H32N2O3S/c1-18-9-12-23(17-19(18)2)30(28,29)26-15-13-22(14-16-26)24(27)25-20(3)10-11-21-7-5-4-6-8-21/h4-9,12,17,20,22H,10-11,13-16H2,1-3H3,(H,25,27). The van der Waals surface area contributed by atoms with Gasteiger partial charge in [-0.3, -0.25) is 4.79 Å². The van der Waals surface area contributed by atoms with Crippen LogP contribution in [0.3, 0.4) is 0 Å². The summed E-state index contributed by atoms with van der Waals surface area (Å²) in [7, 11) is -3.51. The number of hydrogen-bond donors (Lipinski definition) is 1. The maximum atomic E-state index is 13.0. The molecule has 0 aliphatic carbocycles. The van der Waals surface area contributed by atoms with Gasteiger partial charge in [0.2, 0.25) is 15.9 Å². The second-order valence-electron chi connectivity index (χ2n) is 8.36. The molecular weight excluding hydrogens is 396 g/mol. The number of nitrogens with one attached hydrogen (secondary N) is 1. The van der Waals surface area contributed by atoms with E-state index in [1.165, 1.54) is 9.87 Å². The highest BCUT2D eigenvalue weighted by Crippen LogP contribution is 2.25. The maximum absolute atomic E-state index is 13.0. The molecule has 1 saturated heterocycles. The number of nitrogens with zero attached hydrogens (tertiary/aromatic N) is 1. The van der Waals surface area contributed by atoms with E-state index in [0.29, 0.717) is 30.8 Å². The first-order chi connectivity index (χ1) is 14.3. The zero-order chi connectivity index (χ0) is 21.7. The summed E-state index contributed by atoms with van der Waals surface area (Å²) in [6, 6.07) is 15.6. The molecule has 1 atom stereocenters. The molecule has 0 bridgehead atoms. The number of carbonyl (C=O) groups excluding carboxylic acids is 1. The molecule has 1 fully saturated rings. The van der Waals surface area contributed by atoms with Crippen LogP contribution in [0.25, 0.3) is 0 Å². The van der Waals surface area contributed by atoms with Gasteiger partial charge in [0.1, 0.15) is 0 Å². The van der Waals surface area contributed by atoms with Crippen molar-refractivity contribution in [3.05, 3.63) is 65.2 Å². The van der Waals surface area contributed by atoms with E-state index in [1.807, 2.05) is 45.0 Å². The Hall–Kier alpha value is -2.18. The van der Waals surface area contributed by atoms with Crippen molar-refractivity contribution in [3.63, 3.8) is 0 Å². The van der Waals surface area contributed by atoms with E-state index >= 15 is 0 Å². The average molecular weight is 429 g/mol. The molecule has 162 valence electrons. The topological polar surface area (TPSA) is 66.5 Å². The summed E-state index contributed by atoms with van der Waals surface area (Å²) in [5, 5.41) is 3.11. The third kappa shape index (κ3) is 5.49. The molecule has 1 aliphatic rings. The van der Waals surface area contributed by atoms with E-state index in [2.05, 4.69) is 17.4 Å². The minimum Gasteiger partial charge on any atom is -0.353 e. The Kier molecular flexibility index (Phi) is 7.32. The van der Waals surface area contributed by atoms with Crippen LogP contribution < -0.4 is 5.32 Å². The van der Waals surface area contributed by atoms with Crippen LogP contribution in [-0.4, -0.2) is 37.8 Å². The fourth-order valence-electron chi connectivity index (χ4n) is 3.84. The van der Waals surface area contributed by atoms with Crippen molar-refractivity contribution in [3.8, 4) is 0 Å². The number of rotatable bonds is 7. The summed E-state index contributed by atoms with van der Waals surface area (Å²) in [6.07, 6.45) is 2.92. The highest BCUT2D eigenvalue weighted by Gasteiger charge is 2.32. The predicted molar refractivity (Wildman–Crippen MR) is 120 cm³/mol. The summed E-state index contributed by atoms with van der Waals surface area (Å²) in [4.78, 5) is 13.0. The fraction of sp³-hybridized carbons (Fsp3) is 0.458. The summed E-state index contributed by atoms with van der Waals surface area (Å²) >= 11 is 0. The molecule has 2 aromatic carbocycles. The fourth-order valence-corrected chi connectivity index (χ4v) is 5.40. The molecule has 2 aromatic rings. The van der Waals surface area contributed by atoms with Gasteiger partial charge in [-0.05, 0) is 75.3 Å². The Morgan fingerprint density at radius 1 is 1.07 bits per heavy atom. The Bertz CT molecular complexity index is 965. The SMILES string of the molecule is Cc1ccc(S(=O)(=O)N2CCC(C(=O)NC(C)CCc3ccccc3)CC2)cc1C. The van der Waals surface area contributed by atoms with Gasteiger partial charge in [0.25, 0.3) is 0 Å². The molecule has 0 saturated carbocycles. The van der Waals surface area contributed by atoms with Crippen LogP contribution >= 0.6 is 0 Å². The highest BCUT2D eigenvalue weighted by molar-refractivity contribution is 7.89. The van der Waals surface area contributed by atoms with Gasteiger partial charge in [0, 0.05) is 25.0 Å². The van der Waals surface area contributed by atoms with Crippen molar-refractivity contribution in [1.82, 2.24) is 9.62 Å². The molecule has 6 heteroatoms. The van der Waals surface area contributed by atoms with Gasteiger partial charge in [-0.25, -0.2) is 8.42 Å². The van der Waals surface area contributed by atoms with Crippen LogP contribution in [-0.2, 0) is 21.2 Å². The number of sulfonamides is 1. The molecule has 0 spiro atoms. The Morgan fingerprint density at radius 2 is 1.73 bits per heavy atom. The third-order valence-electron chi connectivity index (χ3n) is 6.04. The Labute approximate surface area is 180 Å². The van der Waals surface area contributed by atoms with E-state index in [0.717, 1.165) is 24.0 Å². The molecular formula is C24H32N2O3S. The second-order valence-corrected chi connectivity index (χ2v) is 10.3. The van der Waals surface area contributed by atoms with Crippen molar-refractivity contribution >= 4 is 15.9 Å². The lowest BCUT2D eigenvalue weighted by Crippen LogP contribution is -2.44. The van der Waals surface area contributed by atoms with Gasteiger partial charge in [-0.1, -0.05) is 36.4 Å². The van der Waals surface area contributed by atoms with E-state index in [-0.39, 0.29) is 17.9 Å². The zero-order valence-corrected chi connectivity index (χ0v) is 18.9. The first-order valence-electron chi connectivity index (χ1n) is 10.7. The van der Waals surface area contributed by atoms with Crippen LogP contribution in [0.4, 0.5) is 0 Å². The van der Waals surface area contributed by atoms with Gasteiger partial charge in [-0.15, -0.1) is 0 Å². The van der Waals surface area contributed by atoms with Crippen molar-refractivity contribution in [2.45, 2.75) is 57.4 Å². The first-order valence-corrected chi connectivity index (χ1v) is 12.1. The van der Waals surface area contributed by atoms with Crippen LogP contribution in [0.2, 0.25) is 0 Å². The van der Waals surface area contributed by atoms with Gasteiger partial charge < -0.3 is 5.32 Å². The molecule has 5 nitrogen and oxygen atoms in total. The monoisotopic (exact) mass is 428 g/mol. The maximum Gasteiger partial charge on any atom is 0.243 e. The molecule has 3 rings (SSSR count). The van der Waals surface area contributed by atoms with Gasteiger partial charge in [0.15, 0.2) is 0 Å². The lowest BCUT2D eigenvalue weighted by Gasteiger charge is -2.31. The number of benzene rings is 2. The molecule has 1 aliphatic heterocycles. The number of hydrogen-bond acceptors (Lipinski definition) is 3. The van der Waals surface area contributed by atoms with E-state index in [1.54, 1.807) is 12.1 Å². The molecule has 1 heterocycles. The largest absolute Gasteiger partial charge is 0.353 e. The second kappa shape index (κ2) is 9.75. The molecule has 1 N–H and O–H groups in total. The van der Waals surface area contributed by atoms with Gasteiger partial charge in [0.05, 0.1) is 4.90 Å². The highest BCUT2D eigenvalue weighted by atomic mass is 32.2. The van der Waals surface area contributed by atoms with Crippen LogP contribution in [0, 0.1) is 19.8 Å². The van der Waals surface area contributed by atoms with Crippen LogP contribution in [0.1, 0.15) is 42.9 Å². The normalized spacial score (nSPS) is 16.9. The van der Waals surface area contributed by atoms with Crippen molar-refractivity contribution < 1.29 is 13.2 Å². The quantitative estimate of drug-likeness (QED) is 0.729. The zero-order valence-electron chi connectivity index (χ0n) is 18.1. The number of amides is 1. The van der Waals surface area contributed by atoms with Gasteiger partial charge >= 0.3 is 0 Å². The Morgan fingerprint density at radius 3 is 2.37 bits per heavy atom. The molecule has 0 radical (unpaired) electrons. The molecule has 1 amide bonds. The lowest BCUT2D eigenvalue weighted by atomic mass is 9.96. The summed E-state index contributed by atoms with van der Waals surface area (Å²) in [5.41, 5.74) is 3.31. The average Bonchev–Trinajstić information content (AvgIpc) is 2.75. The predicted octanol–water partition coefficient (Wildman–Crippen LogP) is 3.84. The van der Waals surface area contributed by atoms with Crippen molar-refractivity contribution in [2.75, 3.05) is 13.1 Å². The summed E-state index contributed by atoms with van der Waals surface area (Å²) < 4.78 is 27.4. The van der Waals surface area contributed by atoms with Crippen LogP contribution in [0.15, 0.2) is 53.4 Å². The number of piperidine rings is 1. The Balaban J connectivity index is 1.50. The van der Waals surface area contributed by atoms with Crippen LogP contribution in [0.5, 0.6) is 0 Å². The minimum absolute atomic E-state index is 0.0405. The summed E-state index contributed by atoms with van der Waals surface area (Å²) in [5.74, 6) is -0.0887. The first kappa shape index (κ1) is 22.5. The van der Waals surface area contributed by atoms with E-state index < -0.39 is 10.0 Å².